The third kappa shape index (κ3) is 4.90. The van der Waals surface area contributed by atoms with Gasteiger partial charge in [-0.2, -0.15) is 18.0 Å². The first-order valence-corrected chi connectivity index (χ1v) is 7.92. The highest BCUT2D eigenvalue weighted by atomic mass is 19.4. The summed E-state index contributed by atoms with van der Waals surface area (Å²) >= 11 is 0. The second-order valence-electron chi connectivity index (χ2n) is 5.59. The van der Waals surface area contributed by atoms with Crippen LogP contribution in [0.15, 0.2) is 54.6 Å². The van der Waals surface area contributed by atoms with E-state index in [1.165, 1.54) is 12.1 Å². The Bertz CT molecular complexity index is 988. The Balaban J connectivity index is 1.61. The molecule has 0 saturated heterocycles. The van der Waals surface area contributed by atoms with Crippen molar-refractivity contribution in [3.63, 3.8) is 0 Å². The van der Waals surface area contributed by atoms with Crippen molar-refractivity contribution in [3.05, 3.63) is 60.2 Å². The monoisotopic (exact) mass is 390 g/mol. The van der Waals surface area contributed by atoms with Crippen LogP contribution in [0.1, 0.15) is 5.56 Å². The molecule has 2 N–H and O–H groups in total. The number of carbonyl (C=O) groups is 2. The molecule has 0 atom stereocenters. The molecule has 0 aliphatic carbocycles. The van der Waals surface area contributed by atoms with Gasteiger partial charge < -0.3 is 5.32 Å². The minimum absolute atomic E-state index is 0.0763. The van der Waals surface area contributed by atoms with E-state index in [-0.39, 0.29) is 11.4 Å². The van der Waals surface area contributed by atoms with Crippen LogP contribution in [0.3, 0.4) is 0 Å². The molecule has 0 saturated carbocycles. The van der Waals surface area contributed by atoms with Crippen LogP contribution in [0.5, 0.6) is 0 Å². The highest BCUT2D eigenvalue weighted by Gasteiger charge is 2.30. The summed E-state index contributed by atoms with van der Waals surface area (Å²) in [5, 5.41) is 15.7. The number of imide groups is 1. The summed E-state index contributed by atoms with van der Waals surface area (Å²) in [5.41, 5.74) is -0.251. The third-order valence-corrected chi connectivity index (χ3v) is 3.47. The van der Waals surface area contributed by atoms with Gasteiger partial charge in [0.15, 0.2) is 0 Å². The lowest BCUT2D eigenvalue weighted by molar-refractivity contribution is -0.137. The molecule has 11 heteroatoms. The number of urea groups is 1. The molecule has 0 radical (unpaired) electrons. The number of para-hydroxylation sites is 1. The van der Waals surface area contributed by atoms with Crippen molar-refractivity contribution in [3.8, 4) is 11.4 Å². The van der Waals surface area contributed by atoms with E-state index >= 15 is 0 Å². The maximum atomic E-state index is 12.8. The third-order valence-electron chi connectivity index (χ3n) is 3.47. The second-order valence-corrected chi connectivity index (χ2v) is 5.59. The number of tetrazole rings is 1. The van der Waals surface area contributed by atoms with Crippen LogP contribution in [0.25, 0.3) is 11.4 Å². The Morgan fingerprint density at radius 2 is 1.79 bits per heavy atom. The molecular formula is C17H13F3N6O2. The molecule has 3 amide bonds. The van der Waals surface area contributed by atoms with Gasteiger partial charge in [-0.1, -0.05) is 30.3 Å². The predicted molar refractivity (Wildman–Crippen MR) is 91.9 cm³/mol. The predicted octanol–water partition coefficient (Wildman–Crippen LogP) is 2.71. The number of halogens is 3. The highest BCUT2D eigenvalue weighted by Crippen LogP contribution is 2.31. The van der Waals surface area contributed by atoms with Crippen LogP contribution in [0.4, 0.5) is 23.7 Å². The van der Waals surface area contributed by atoms with Gasteiger partial charge in [-0.3, -0.25) is 10.1 Å². The molecule has 1 heterocycles. The van der Waals surface area contributed by atoms with E-state index in [1.54, 1.807) is 30.3 Å². The van der Waals surface area contributed by atoms with Crippen LogP contribution >= 0.6 is 0 Å². The molecule has 144 valence electrons. The SMILES string of the molecule is O=C(Cn1nnc(-c2cccc(C(F)(F)F)c2)n1)NC(=O)Nc1ccccc1. The molecule has 0 aliphatic rings. The van der Waals surface area contributed by atoms with E-state index in [2.05, 4.69) is 26.0 Å². The van der Waals surface area contributed by atoms with Gasteiger partial charge in [0.1, 0.15) is 6.54 Å². The quantitative estimate of drug-likeness (QED) is 0.713. The summed E-state index contributed by atoms with van der Waals surface area (Å²) < 4.78 is 38.4. The van der Waals surface area contributed by atoms with Crippen molar-refractivity contribution >= 4 is 17.6 Å². The van der Waals surface area contributed by atoms with Crippen molar-refractivity contribution in [1.29, 1.82) is 0 Å². The van der Waals surface area contributed by atoms with E-state index in [1.807, 2.05) is 0 Å². The Kier molecular flexibility index (Phi) is 5.34. The number of carbonyl (C=O) groups excluding carboxylic acids is 2. The maximum Gasteiger partial charge on any atom is 0.416 e. The van der Waals surface area contributed by atoms with E-state index in [4.69, 9.17) is 0 Å². The number of rotatable bonds is 4. The van der Waals surface area contributed by atoms with Gasteiger partial charge in [0.25, 0.3) is 5.91 Å². The Labute approximate surface area is 156 Å². The molecular weight excluding hydrogens is 377 g/mol. The second kappa shape index (κ2) is 7.86. The lowest BCUT2D eigenvalue weighted by atomic mass is 10.1. The molecule has 28 heavy (non-hydrogen) atoms. The van der Waals surface area contributed by atoms with Crippen LogP contribution in [-0.4, -0.2) is 32.1 Å². The normalized spacial score (nSPS) is 11.1. The van der Waals surface area contributed by atoms with E-state index in [0.717, 1.165) is 16.9 Å². The average molecular weight is 390 g/mol. The van der Waals surface area contributed by atoms with Gasteiger partial charge in [0.2, 0.25) is 5.82 Å². The summed E-state index contributed by atoms with van der Waals surface area (Å²) in [4.78, 5) is 24.5. The summed E-state index contributed by atoms with van der Waals surface area (Å²) in [5.74, 6) is -0.797. The standard InChI is InChI=1S/C17H13F3N6O2/c18-17(19,20)12-6-4-5-11(9-12)15-23-25-26(24-15)10-14(27)22-16(28)21-13-7-2-1-3-8-13/h1-9H,10H2,(H2,21,22,27,28). The number of amides is 3. The molecule has 0 unspecified atom stereocenters. The van der Waals surface area contributed by atoms with Crippen LogP contribution in [0, 0.1) is 0 Å². The molecule has 3 aromatic rings. The molecule has 8 nitrogen and oxygen atoms in total. The van der Waals surface area contributed by atoms with Crippen molar-refractivity contribution in [2.45, 2.75) is 12.7 Å². The van der Waals surface area contributed by atoms with E-state index < -0.39 is 30.2 Å². The zero-order chi connectivity index (χ0) is 20.1. The first kappa shape index (κ1) is 19.0. The first-order valence-electron chi connectivity index (χ1n) is 7.92. The van der Waals surface area contributed by atoms with E-state index in [9.17, 15) is 22.8 Å². The minimum atomic E-state index is -4.50. The number of aromatic nitrogens is 4. The zero-order valence-electron chi connectivity index (χ0n) is 14.1. The zero-order valence-corrected chi connectivity index (χ0v) is 14.1. The smallest absolute Gasteiger partial charge is 0.308 e. The molecule has 2 aromatic carbocycles. The molecule has 1 aromatic heterocycles. The number of nitrogens with zero attached hydrogens (tertiary/aromatic N) is 4. The van der Waals surface area contributed by atoms with Crippen molar-refractivity contribution in [1.82, 2.24) is 25.5 Å². The number of hydrogen-bond acceptors (Lipinski definition) is 5. The lowest BCUT2D eigenvalue weighted by Gasteiger charge is -2.06. The minimum Gasteiger partial charge on any atom is -0.308 e. The molecule has 3 rings (SSSR count). The Morgan fingerprint density at radius 3 is 2.50 bits per heavy atom. The lowest BCUT2D eigenvalue weighted by Crippen LogP contribution is -2.37. The fraction of sp³-hybridized carbons (Fsp3) is 0.118. The average Bonchev–Trinajstić information content (AvgIpc) is 3.10. The Morgan fingerprint density at radius 1 is 1.04 bits per heavy atom. The number of nitrogens with one attached hydrogen (secondary N) is 2. The maximum absolute atomic E-state index is 12.8. The summed E-state index contributed by atoms with van der Waals surface area (Å²) in [7, 11) is 0. The largest absolute Gasteiger partial charge is 0.416 e. The highest BCUT2D eigenvalue weighted by molar-refractivity contribution is 6.00. The fourth-order valence-electron chi connectivity index (χ4n) is 2.24. The van der Waals surface area contributed by atoms with Gasteiger partial charge in [-0.05, 0) is 29.5 Å². The van der Waals surface area contributed by atoms with Gasteiger partial charge in [0, 0.05) is 11.3 Å². The van der Waals surface area contributed by atoms with Gasteiger partial charge in [-0.15, -0.1) is 10.2 Å². The summed E-state index contributed by atoms with van der Waals surface area (Å²) in [6, 6.07) is 12.2. The van der Waals surface area contributed by atoms with Crippen molar-refractivity contribution in [2.75, 3.05) is 5.32 Å². The first-order chi connectivity index (χ1) is 13.3. The topological polar surface area (TPSA) is 102 Å². The van der Waals surface area contributed by atoms with Crippen molar-refractivity contribution < 1.29 is 22.8 Å². The fourth-order valence-corrected chi connectivity index (χ4v) is 2.24. The van der Waals surface area contributed by atoms with Crippen LogP contribution in [0.2, 0.25) is 0 Å². The number of anilines is 1. The molecule has 0 fully saturated rings. The number of hydrogen-bond donors (Lipinski definition) is 2. The Hall–Kier alpha value is -3.76. The molecule has 0 bridgehead atoms. The van der Waals surface area contributed by atoms with Crippen LogP contribution in [-0.2, 0) is 17.5 Å². The summed E-state index contributed by atoms with van der Waals surface area (Å²) in [6.45, 7) is -0.436. The van der Waals surface area contributed by atoms with Gasteiger partial charge >= 0.3 is 12.2 Å². The van der Waals surface area contributed by atoms with E-state index in [0.29, 0.717) is 5.69 Å². The van der Waals surface area contributed by atoms with Gasteiger partial charge in [-0.25, -0.2) is 4.79 Å². The summed E-state index contributed by atoms with van der Waals surface area (Å²) in [6.07, 6.45) is -4.50. The number of benzene rings is 2. The van der Waals surface area contributed by atoms with Crippen LogP contribution < -0.4 is 10.6 Å². The molecule has 0 aliphatic heterocycles. The van der Waals surface area contributed by atoms with Crippen molar-refractivity contribution in [2.24, 2.45) is 0 Å². The van der Waals surface area contributed by atoms with Gasteiger partial charge in [0.05, 0.1) is 5.56 Å². The number of alkyl halides is 3. The molecule has 0 spiro atoms.